The minimum Gasteiger partial charge on any atom is -0.287 e. The molecule has 0 saturated heterocycles. The van der Waals surface area contributed by atoms with Crippen LogP contribution in [0.1, 0.15) is 22.3 Å². The van der Waals surface area contributed by atoms with Gasteiger partial charge in [0.1, 0.15) is 5.52 Å². The standard InChI is InChI=1S/C15H12BrNOS/c1-8(16)10-3-5-12-11(7-10)4-6-13-14(15(12)18)17-9(2)19-13/h3-8H,1-2H3. The molecule has 1 unspecified atom stereocenters. The van der Waals surface area contributed by atoms with E-state index in [0.29, 0.717) is 5.52 Å². The summed E-state index contributed by atoms with van der Waals surface area (Å²) >= 11 is 5.12. The molecule has 0 radical (unpaired) electrons. The first kappa shape index (κ1) is 12.8. The van der Waals surface area contributed by atoms with E-state index in [4.69, 9.17) is 0 Å². The van der Waals surface area contributed by atoms with Gasteiger partial charge in [-0.05, 0) is 36.9 Å². The quantitative estimate of drug-likeness (QED) is 0.610. The van der Waals surface area contributed by atoms with Crippen LogP contribution in [0.5, 0.6) is 0 Å². The van der Waals surface area contributed by atoms with E-state index in [1.807, 2.05) is 31.2 Å². The van der Waals surface area contributed by atoms with Crippen molar-refractivity contribution in [2.45, 2.75) is 18.7 Å². The lowest BCUT2D eigenvalue weighted by Crippen LogP contribution is -1.99. The molecule has 0 spiro atoms. The fourth-order valence-corrected chi connectivity index (χ4v) is 3.30. The van der Waals surface area contributed by atoms with Crippen molar-refractivity contribution in [1.82, 2.24) is 4.98 Å². The number of alkyl halides is 1. The molecule has 0 aliphatic rings. The monoisotopic (exact) mass is 333 g/mol. The Bertz CT molecular complexity index is 839. The van der Waals surface area contributed by atoms with Crippen LogP contribution in [0.4, 0.5) is 0 Å². The van der Waals surface area contributed by atoms with E-state index in [-0.39, 0.29) is 10.3 Å². The van der Waals surface area contributed by atoms with Crippen LogP contribution in [0.25, 0.3) is 21.0 Å². The first-order valence-electron chi connectivity index (χ1n) is 6.04. The number of benzene rings is 1. The number of thiazole rings is 1. The molecule has 3 rings (SSSR count). The van der Waals surface area contributed by atoms with E-state index in [0.717, 1.165) is 20.5 Å². The van der Waals surface area contributed by atoms with Gasteiger partial charge in [-0.3, -0.25) is 4.79 Å². The van der Waals surface area contributed by atoms with E-state index >= 15 is 0 Å². The molecule has 0 saturated carbocycles. The second kappa shape index (κ2) is 4.69. The highest BCUT2D eigenvalue weighted by atomic mass is 79.9. The van der Waals surface area contributed by atoms with Crippen LogP contribution < -0.4 is 5.43 Å². The molecule has 1 heterocycles. The summed E-state index contributed by atoms with van der Waals surface area (Å²) in [6, 6.07) is 9.96. The Morgan fingerprint density at radius 1 is 1.26 bits per heavy atom. The van der Waals surface area contributed by atoms with Crippen molar-refractivity contribution in [1.29, 1.82) is 0 Å². The lowest BCUT2D eigenvalue weighted by atomic mass is 10.1. The molecule has 0 aliphatic heterocycles. The van der Waals surface area contributed by atoms with Gasteiger partial charge >= 0.3 is 0 Å². The number of hydrogen-bond donors (Lipinski definition) is 0. The highest BCUT2D eigenvalue weighted by Gasteiger charge is 2.08. The van der Waals surface area contributed by atoms with Gasteiger partial charge < -0.3 is 0 Å². The summed E-state index contributed by atoms with van der Waals surface area (Å²) in [5.74, 6) is 0. The summed E-state index contributed by atoms with van der Waals surface area (Å²) < 4.78 is 0.951. The third-order valence-corrected chi connectivity index (χ3v) is 4.63. The van der Waals surface area contributed by atoms with Crippen molar-refractivity contribution in [3.05, 3.63) is 51.1 Å². The average Bonchev–Trinajstić information content (AvgIpc) is 2.71. The number of hydrogen-bond acceptors (Lipinski definition) is 3. The third kappa shape index (κ3) is 2.19. The summed E-state index contributed by atoms with van der Waals surface area (Å²) in [5, 5.41) is 2.63. The van der Waals surface area contributed by atoms with Crippen molar-refractivity contribution in [3.8, 4) is 0 Å². The highest BCUT2D eigenvalue weighted by molar-refractivity contribution is 9.09. The van der Waals surface area contributed by atoms with Crippen molar-refractivity contribution < 1.29 is 0 Å². The van der Waals surface area contributed by atoms with Gasteiger partial charge in [0.25, 0.3) is 0 Å². The smallest absolute Gasteiger partial charge is 0.213 e. The second-order valence-corrected chi connectivity index (χ2v) is 7.18. The molecule has 4 heteroatoms. The van der Waals surface area contributed by atoms with Crippen LogP contribution in [0, 0.1) is 6.92 Å². The van der Waals surface area contributed by atoms with Gasteiger partial charge in [-0.2, -0.15) is 0 Å². The minimum atomic E-state index is 0.0214. The van der Waals surface area contributed by atoms with Crippen LogP contribution >= 0.6 is 27.3 Å². The lowest BCUT2D eigenvalue weighted by molar-refractivity contribution is 1.13. The Balaban J connectivity index is 2.45. The Hall–Kier alpha value is -1.26. The summed E-state index contributed by atoms with van der Waals surface area (Å²) in [4.78, 5) is 17.1. The SMILES string of the molecule is Cc1nc2c(=O)c3ccc(C(C)Br)cc3ccc2s1. The van der Waals surface area contributed by atoms with E-state index in [1.165, 1.54) is 5.56 Å². The molecule has 2 aromatic carbocycles. The molecule has 0 amide bonds. The van der Waals surface area contributed by atoms with Gasteiger partial charge in [0, 0.05) is 10.2 Å². The Morgan fingerprint density at radius 2 is 2.05 bits per heavy atom. The molecule has 19 heavy (non-hydrogen) atoms. The van der Waals surface area contributed by atoms with Crippen LogP contribution in [0.2, 0.25) is 0 Å². The molecule has 0 N–H and O–H groups in total. The van der Waals surface area contributed by atoms with Crippen molar-refractivity contribution in [2.24, 2.45) is 0 Å². The van der Waals surface area contributed by atoms with E-state index in [2.05, 4.69) is 33.9 Å². The van der Waals surface area contributed by atoms with Crippen LogP contribution in [-0.4, -0.2) is 4.98 Å². The Labute approximate surface area is 123 Å². The summed E-state index contributed by atoms with van der Waals surface area (Å²) in [6.07, 6.45) is 0. The van der Waals surface area contributed by atoms with Crippen LogP contribution in [0.3, 0.4) is 0 Å². The molecule has 2 nitrogen and oxygen atoms in total. The molecule has 0 fully saturated rings. The van der Waals surface area contributed by atoms with Gasteiger partial charge in [-0.25, -0.2) is 4.98 Å². The molecule has 1 atom stereocenters. The number of fused-ring (bicyclic) bond motifs is 2. The number of nitrogens with zero attached hydrogens (tertiary/aromatic N) is 1. The molecule has 1 aromatic heterocycles. The second-order valence-electron chi connectivity index (χ2n) is 4.57. The van der Waals surface area contributed by atoms with Gasteiger partial charge in [0.05, 0.1) is 9.71 Å². The van der Waals surface area contributed by atoms with Gasteiger partial charge in [0.2, 0.25) is 5.43 Å². The summed E-state index contributed by atoms with van der Waals surface area (Å²) in [6.45, 7) is 4.00. The first-order chi connectivity index (χ1) is 9.06. The zero-order chi connectivity index (χ0) is 13.6. The Kier molecular flexibility index (Phi) is 3.15. The minimum absolute atomic E-state index is 0.0214. The Morgan fingerprint density at radius 3 is 2.79 bits per heavy atom. The number of aryl methyl sites for hydroxylation is 1. The fraction of sp³-hybridized carbons (Fsp3) is 0.200. The first-order valence-corrected chi connectivity index (χ1v) is 7.77. The molecule has 96 valence electrons. The molecule has 0 bridgehead atoms. The van der Waals surface area contributed by atoms with Gasteiger partial charge in [-0.15, -0.1) is 11.3 Å². The topological polar surface area (TPSA) is 30.0 Å². The average molecular weight is 334 g/mol. The fourth-order valence-electron chi connectivity index (χ4n) is 2.18. The van der Waals surface area contributed by atoms with Crippen LogP contribution in [-0.2, 0) is 0 Å². The number of halogens is 1. The molecule has 0 aliphatic carbocycles. The maximum atomic E-state index is 12.5. The molecular formula is C15H12BrNOS. The molecular weight excluding hydrogens is 322 g/mol. The third-order valence-electron chi connectivity index (χ3n) is 3.17. The predicted octanol–water partition coefficient (Wildman–Crippen LogP) is 4.57. The lowest BCUT2D eigenvalue weighted by Gasteiger charge is -2.03. The van der Waals surface area contributed by atoms with Gasteiger partial charge in [0.15, 0.2) is 0 Å². The molecule has 3 aromatic rings. The van der Waals surface area contributed by atoms with Crippen LogP contribution in [0.15, 0.2) is 35.1 Å². The van der Waals surface area contributed by atoms with Gasteiger partial charge in [-0.1, -0.05) is 34.1 Å². The highest BCUT2D eigenvalue weighted by Crippen LogP contribution is 2.26. The number of aromatic nitrogens is 1. The maximum absolute atomic E-state index is 12.5. The summed E-state index contributed by atoms with van der Waals surface area (Å²) in [5.41, 5.74) is 1.77. The zero-order valence-electron chi connectivity index (χ0n) is 10.6. The van der Waals surface area contributed by atoms with E-state index in [9.17, 15) is 4.79 Å². The normalized spacial score (nSPS) is 13.0. The van der Waals surface area contributed by atoms with E-state index < -0.39 is 0 Å². The maximum Gasteiger partial charge on any atom is 0.213 e. The van der Waals surface area contributed by atoms with Crippen molar-refractivity contribution in [3.63, 3.8) is 0 Å². The predicted molar refractivity (Wildman–Crippen MR) is 85.5 cm³/mol. The van der Waals surface area contributed by atoms with Crippen molar-refractivity contribution in [2.75, 3.05) is 0 Å². The summed E-state index contributed by atoms with van der Waals surface area (Å²) in [7, 11) is 0. The largest absolute Gasteiger partial charge is 0.287 e. The number of rotatable bonds is 1. The zero-order valence-corrected chi connectivity index (χ0v) is 13.0. The van der Waals surface area contributed by atoms with Crippen molar-refractivity contribution >= 4 is 48.3 Å². The van der Waals surface area contributed by atoms with E-state index in [1.54, 1.807) is 11.3 Å².